The Bertz CT molecular complexity index is 109. The van der Waals surface area contributed by atoms with Gasteiger partial charge in [0.2, 0.25) is 0 Å². The molecule has 0 saturated carbocycles. The average Bonchev–Trinajstić information content (AvgIpc) is 2.33. The molecule has 1 saturated heterocycles. The summed E-state index contributed by atoms with van der Waals surface area (Å²) in [7, 11) is 0. The van der Waals surface area contributed by atoms with E-state index in [4.69, 9.17) is 0 Å². The molecule has 0 N–H and O–H groups in total. The van der Waals surface area contributed by atoms with Crippen LogP contribution in [0.15, 0.2) is 0 Å². The van der Waals surface area contributed by atoms with Gasteiger partial charge in [-0.3, -0.25) is 0 Å². The molecule has 1 nitrogen and oxygen atoms in total. The Morgan fingerprint density at radius 2 is 1.92 bits per heavy atom. The minimum atomic E-state index is 0. The Hall–Kier alpha value is 0.583. The van der Waals surface area contributed by atoms with Crippen molar-refractivity contribution in [1.29, 1.82) is 0 Å². The predicted molar refractivity (Wildman–Crippen MR) is 49.4 cm³/mol. The van der Waals surface area contributed by atoms with E-state index in [0.717, 1.165) is 12.0 Å². The molecule has 1 fully saturated rings. The SMILES string of the molecule is C[C-](C)C1CCN(C(C)C)C1.[Rh]. The molecule has 75 valence electrons. The third-order valence-corrected chi connectivity index (χ3v) is 2.77. The van der Waals surface area contributed by atoms with E-state index < -0.39 is 0 Å². The Labute approximate surface area is 89.7 Å². The van der Waals surface area contributed by atoms with Crippen molar-refractivity contribution in [2.24, 2.45) is 5.92 Å². The summed E-state index contributed by atoms with van der Waals surface area (Å²) in [6, 6.07) is 0.736. The quantitative estimate of drug-likeness (QED) is 0.542. The zero-order valence-electron chi connectivity index (χ0n) is 8.56. The van der Waals surface area contributed by atoms with Gasteiger partial charge in [0.1, 0.15) is 0 Å². The number of likely N-dealkylation sites (tertiary alicyclic amines) is 1. The van der Waals surface area contributed by atoms with Gasteiger partial charge in [0, 0.05) is 25.5 Å². The van der Waals surface area contributed by atoms with Gasteiger partial charge >= 0.3 is 0 Å². The van der Waals surface area contributed by atoms with Crippen molar-refractivity contribution in [1.82, 2.24) is 4.90 Å². The normalized spacial score (nSPS) is 25.0. The predicted octanol–water partition coefficient (Wildman–Crippen LogP) is 2.33. The zero-order chi connectivity index (χ0) is 8.43. The fraction of sp³-hybridized carbons (Fsp3) is 0.900. The second kappa shape index (κ2) is 5.34. The third kappa shape index (κ3) is 3.14. The van der Waals surface area contributed by atoms with Crippen molar-refractivity contribution in [3.63, 3.8) is 0 Å². The van der Waals surface area contributed by atoms with Crippen molar-refractivity contribution in [2.75, 3.05) is 13.1 Å². The van der Waals surface area contributed by atoms with E-state index in [2.05, 4.69) is 32.6 Å². The van der Waals surface area contributed by atoms with E-state index in [1.54, 1.807) is 5.92 Å². The van der Waals surface area contributed by atoms with Crippen LogP contribution in [0.25, 0.3) is 0 Å². The minimum absolute atomic E-state index is 0. The van der Waals surface area contributed by atoms with Crippen LogP contribution in [0.5, 0.6) is 0 Å². The largest absolute Gasteiger partial charge is 0.315 e. The standard InChI is InChI=1S/C10H20N.Rh/c1-8(2)10-5-6-11(7-10)9(3)4;/h9-10H,5-7H2,1-4H3;/q-1;. The van der Waals surface area contributed by atoms with Crippen LogP contribution < -0.4 is 0 Å². The molecule has 1 radical (unpaired) electrons. The molecule has 1 rings (SSSR count). The van der Waals surface area contributed by atoms with Crippen LogP contribution in [-0.2, 0) is 19.5 Å². The van der Waals surface area contributed by atoms with Gasteiger partial charge < -0.3 is 10.8 Å². The number of rotatable bonds is 2. The fourth-order valence-corrected chi connectivity index (χ4v) is 1.73. The monoisotopic (exact) mass is 257 g/mol. The molecule has 1 unspecified atom stereocenters. The molecule has 0 aromatic rings. The van der Waals surface area contributed by atoms with E-state index in [9.17, 15) is 0 Å². The summed E-state index contributed by atoms with van der Waals surface area (Å²) in [4.78, 5) is 2.57. The molecule has 0 bridgehead atoms. The van der Waals surface area contributed by atoms with Gasteiger partial charge in [0.05, 0.1) is 0 Å². The molecule has 1 heterocycles. The number of nitrogens with zero attached hydrogens (tertiary/aromatic N) is 1. The molecule has 0 spiro atoms. The Morgan fingerprint density at radius 1 is 1.33 bits per heavy atom. The molecule has 0 aromatic heterocycles. The maximum absolute atomic E-state index is 2.57. The molecule has 2 heteroatoms. The zero-order valence-corrected chi connectivity index (χ0v) is 10.2. The van der Waals surface area contributed by atoms with E-state index in [-0.39, 0.29) is 19.5 Å². The smallest absolute Gasteiger partial charge is 0.00376 e. The fourth-order valence-electron chi connectivity index (χ4n) is 1.73. The second-order valence-corrected chi connectivity index (χ2v) is 4.15. The molecule has 1 aliphatic heterocycles. The van der Waals surface area contributed by atoms with Crippen LogP contribution in [0, 0.1) is 11.8 Å². The van der Waals surface area contributed by atoms with Crippen molar-refractivity contribution in [3.8, 4) is 0 Å². The molecule has 12 heavy (non-hydrogen) atoms. The molecule has 1 atom stereocenters. The first kappa shape index (κ1) is 12.6. The van der Waals surface area contributed by atoms with Gasteiger partial charge in [-0.25, -0.2) is 0 Å². The van der Waals surface area contributed by atoms with Gasteiger partial charge in [0.25, 0.3) is 0 Å². The summed E-state index contributed by atoms with van der Waals surface area (Å²) in [5, 5.41) is 0. The van der Waals surface area contributed by atoms with Crippen LogP contribution in [-0.4, -0.2) is 24.0 Å². The van der Waals surface area contributed by atoms with Gasteiger partial charge in [-0.15, -0.1) is 0 Å². The van der Waals surface area contributed by atoms with E-state index in [0.29, 0.717) is 0 Å². The van der Waals surface area contributed by atoms with Crippen molar-refractivity contribution < 1.29 is 19.5 Å². The van der Waals surface area contributed by atoms with Crippen LogP contribution in [0.3, 0.4) is 0 Å². The summed E-state index contributed by atoms with van der Waals surface area (Å²) >= 11 is 0. The van der Waals surface area contributed by atoms with Crippen LogP contribution >= 0.6 is 0 Å². The Morgan fingerprint density at radius 3 is 2.17 bits per heavy atom. The maximum Gasteiger partial charge on any atom is 0.00376 e. The van der Waals surface area contributed by atoms with E-state index in [1.807, 2.05) is 0 Å². The maximum atomic E-state index is 2.57. The summed E-state index contributed by atoms with van der Waals surface area (Å²) < 4.78 is 0. The summed E-state index contributed by atoms with van der Waals surface area (Å²) in [6.07, 6.45) is 1.38. The van der Waals surface area contributed by atoms with Crippen LogP contribution in [0.4, 0.5) is 0 Å². The first-order valence-corrected chi connectivity index (χ1v) is 4.65. The Kier molecular flexibility index (Phi) is 5.60. The molecule has 0 amide bonds. The molecule has 0 aliphatic carbocycles. The number of hydrogen-bond acceptors (Lipinski definition) is 1. The number of hydrogen-bond donors (Lipinski definition) is 0. The minimum Gasteiger partial charge on any atom is -0.315 e. The molecular weight excluding hydrogens is 237 g/mol. The average molecular weight is 257 g/mol. The van der Waals surface area contributed by atoms with E-state index >= 15 is 0 Å². The first-order chi connectivity index (χ1) is 5.11. The van der Waals surface area contributed by atoms with Gasteiger partial charge in [-0.2, -0.15) is 19.8 Å². The summed E-state index contributed by atoms with van der Waals surface area (Å²) in [5.74, 6) is 2.48. The van der Waals surface area contributed by atoms with Crippen molar-refractivity contribution in [3.05, 3.63) is 5.92 Å². The summed E-state index contributed by atoms with van der Waals surface area (Å²) in [6.45, 7) is 11.7. The van der Waals surface area contributed by atoms with Crippen molar-refractivity contribution >= 4 is 0 Å². The second-order valence-electron chi connectivity index (χ2n) is 4.15. The third-order valence-electron chi connectivity index (χ3n) is 2.77. The van der Waals surface area contributed by atoms with Gasteiger partial charge in [0.15, 0.2) is 0 Å². The van der Waals surface area contributed by atoms with Gasteiger partial charge in [-0.05, 0) is 26.9 Å². The molecule has 0 aromatic carbocycles. The first-order valence-electron chi connectivity index (χ1n) is 4.65. The van der Waals surface area contributed by atoms with Crippen molar-refractivity contribution in [2.45, 2.75) is 40.2 Å². The molecular formula is C10H20NRh-. The van der Waals surface area contributed by atoms with Gasteiger partial charge in [-0.1, -0.05) is 6.42 Å². The van der Waals surface area contributed by atoms with E-state index in [1.165, 1.54) is 19.5 Å². The topological polar surface area (TPSA) is 3.24 Å². The summed E-state index contributed by atoms with van der Waals surface area (Å²) in [5.41, 5.74) is 0. The van der Waals surface area contributed by atoms with Crippen LogP contribution in [0.2, 0.25) is 0 Å². The Balaban J connectivity index is 0.00000121. The molecule has 1 aliphatic rings. The van der Waals surface area contributed by atoms with Crippen LogP contribution in [0.1, 0.15) is 34.1 Å².